The molecule has 0 fully saturated rings. The van der Waals surface area contributed by atoms with Crippen molar-refractivity contribution in [1.82, 2.24) is 4.98 Å². The standard InChI is InChI=1S/C23H23NO4/c1-16-9-10-19(14-24-16)23(28-17(2)25)21-12-11-20(26-3)13-22(21)27-15-18-7-5-4-6-8-18/h4-14,23H,15H2,1-3H3. The molecule has 0 spiro atoms. The number of pyridine rings is 1. The topological polar surface area (TPSA) is 57.7 Å². The molecule has 5 nitrogen and oxygen atoms in total. The average molecular weight is 377 g/mol. The first-order valence-electron chi connectivity index (χ1n) is 9.01. The van der Waals surface area contributed by atoms with Gasteiger partial charge in [-0.1, -0.05) is 36.4 Å². The first-order chi connectivity index (χ1) is 13.6. The molecule has 0 aliphatic heterocycles. The predicted molar refractivity (Wildman–Crippen MR) is 106 cm³/mol. The van der Waals surface area contributed by atoms with Crippen LogP contribution in [0.25, 0.3) is 0 Å². The number of esters is 1. The van der Waals surface area contributed by atoms with Crippen molar-refractivity contribution < 1.29 is 19.0 Å². The summed E-state index contributed by atoms with van der Waals surface area (Å²) in [6, 6.07) is 19.1. The molecule has 1 atom stereocenters. The summed E-state index contributed by atoms with van der Waals surface area (Å²) in [6.07, 6.45) is 1.09. The van der Waals surface area contributed by atoms with Crippen LogP contribution in [0.3, 0.4) is 0 Å². The Labute approximate surface area is 164 Å². The summed E-state index contributed by atoms with van der Waals surface area (Å²) in [6.45, 7) is 3.69. The lowest BCUT2D eigenvalue weighted by molar-refractivity contribution is -0.144. The molecule has 144 valence electrons. The molecule has 1 heterocycles. The lowest BCUT2D eigenvalue weighted by Crippen LogP contribution is -2.12. The molecule has 2 aromatic carbocycles. The summed E-state index contributed by atoms with van der Waals surface area (Å²) in [5.74, 6) is 0.876. The van der Waals surface area contributed by atoms with Gasteiger partial charge in [-0.05, 0) is 30.7 Å². The van der Waals surface area contributed by atoms with E-state index in [2.05, 4.69) is 4.98 Å². The molecule has 0 saturated heterocycles. The number of ether oxygens (including phenoxy) is 3. The van der Waals surface area contributed by atoms with Gasteiger partial charge in [-0.15, -0.1) is 0 Å². The third-order valence-corrected chi connectivity index (χ3v) is 4.26. The van der Waals surface area contributed by atoms with E-state index in [9.17, 15) is 4.79 Å². The molecule has 3 aromatic rings. The smallest absolute Gasteiger partial charge is 0.303 e. The lowest BCUT2D eigenvalue weighted by Gasteiger charge is -2.21. The van der Waals surface area contributed by atoms with Crippen LogP contribution in [0, 0.1) is 6.92 Å². The second kappa shape index (κ2) is 9.04. The first kappa shape index (κ1) is 19.4. The monoisotopic (exact) mass is 377 g/mol. The van der Waals surface area contributed by atoms with Crippen LogP contribution in [0.5, 0.6) is 11.5 Å². The van der Waals surface area contributed by atoms with Crippen LogP contribution in [0.2, 0.25) is 0 Å². The molecule has 0 amide bonds. The molecule has 0 bridgehead atoms. The van der Waals surface area contributed by atoms with Crippen LogP contribution < -0.4 is 9.47 Å². The Morgan fingerprint density at radius 2 is 1.86 bits per heavy atom. The Morgan fingerprint density at radius 3 is 2.50 bits per heavy atom. The molecule has 0 radical (unpaired) electrons. The molecule has 0 aliphatic rings. The van der Waals surface area contributed by atoms with Crippen molar-refractivity contribution in [2.24, 2.45) is 0 Å². The fourth-order valence-electron chi connectivity index (χ4n) is 2.83. The van der Waals surface area contributed by atoms with Crippen molar-refractivity contribution in [3.8, 4) is 11.5 Å². The minimum atomic E-state index is -0.623. The van der Waals surface area contributed by atoms with Gasteiger partial charge in [-0.3, -0.25) is 9.78 Å². The number of hydrogen-bond donors (Lipinski definition) is 0. The van der Waals surface area contributed by atoms with Crippen LogP contribution in [-0.2, 0) is 16.1 Å². The largest absolute Gasteiger partial charge is 0.497 e. The van der Waals surface area contributed by atoms with Gasteiger partial charge in [0.15, 0.2) is 6.10 Å². The third-order valence-electron chi connectivity index (χ3n) is 4.26. The van der Waals surface area contributed by atoms with Crippen molar-refractivity contribution >= 4 is 5.97 Å². The summed E-state index contributed by atoms with van der Waals surface area (Å²) < 4.78 is 17.1. The van der Waals surface area contributed by atoms with Crippen LogP contribution in [0.15, 0.2) is 66.9 Å². The van der Waals surface area contributed by atoms with E-state index in [1.165, 1.54) is 6.92 Å². The second-order valence-corrected chi connectivity index (χ2v) is 6.40. The van der Waals surface area contributed by atoms with Crippen LogP contribution >= 0.6 is 0 Å². The number of rotatable bonds is 7. The summed E-state index contributed by atoms with van der Waals surface area (Å²) in [4.78, 5) is 16.1. The number of aromatic nitrogens is 1. The Hall–Kier alpha value is -3.34. The van der Waals surface area contributed by atoms with E-state index in [1.807, 2.05) is 61.5 Å². The van der Waals surface area contributed by atoms with Crippen molar-refractivity contribution in [3.63, 3.8) is 0 Å². The van der Waals surface area contributed by atoms with E-state index in [-0.39, 0.29) is 5.97 Å². The van der Waals surface area contributed by atoms with E-state index in [0.717, 1.165) is 22.4 Å². The average Bonchev–Trinajstić information content (AvgIpc) is 2.72. The van der Waals surface area contributed by atoms with Gasteiger partial charge in [-0.25, -0.2) is 0 Å². The van der Waals surface area contributed by atoms with Crippen LogP contribution in [-0.4, -0.2) is 18.1 Å². The van der Waals surface area contributed by atoms with Crippen LogP contribution in [0.4, 0.5) is 0 Å². The Balaban J connectivity index is 1.98. The Kier molecular flexibility index (Phi) is 6.27. The normalized spacial score (nSPS) is 11.5. The highest BCUT2D eigenvalue weighted by Gasteiger charge is 2.23. The van der Waals surface area contributed by atoms with Gasteiger partial charge in [0.1, 0.15) is 18.1 Å². The summed E-state index contributed by atoms with van der Waals surface area (Å²) in [5.41, 5.74) is 3.44. The molecule has 1 aromatic heterocycles. The number of carbonyl (C=O) groups is 1. The minimum absolute atomic E-state index is 0.379. The Bertz CT molecular complexity index is 923. The highest BCUT2D eigenvalue weighted by atomic mass is 16.5. The molecular formula is C23H23NO4. The highest BCUT2D eigenvalue weighted by Crippen LogP contribution is 2.36. The number of nitrogens with zero attached hydrogens (tertiary/aromatic N) is 1. The number of benzene rings is 2. The van der Waals surface area contributed by atoms with Crippen molar-refractivity contribution in [1.29, 1.82) is 0 Å². The molecule has 1 unspecified atom stereocenters. The maximum atomic E-state index is 11.8. The quantitative estimate of drug-likeness (QED) is 0.562. The number of aryl methyl sites for hydroxylation is 1. The zero-order valence-corrected chi connectivity index (χ0v) is 16.2. The molecule has 0 aliphatic carbocycles. The zero-order valence-electron chi connectivity index (χ0n) is 16.2. The highest BCUT2D eigenvalue weighted by molar-refractivity contribution is 5.67. The fourth-order valence-corrected chi connectivity index (χ4v) is 2.83. The molecule has 3 rings (SSSR count). The maximum Gasteiger partial charge on any atom is 0.303 e. The van der Waals surface area contributed by atoms with Gasteiger partial charge in [0, 0.05) is 36.0 Å². The molecular weight excluding hydrogens is 354 g/mol. The second-order valence-electron chi connectivity index (χ2n) is 6.40. The fraction of sp³-hybridized carbons (Fsp3) is 0.217. The number of carbonyl (C=O) groups excluding carboxylic acids is 1. The number of hydrogen-bond acceptors (Lipinski definition) is 5. The van der Waals surface area contributed by atoms with Gasteiger partial charge < -0.3 is 14.2 Å². The molecule has 28 heavy (non-hydrogen) atoms. The maximum absolute atomic E-state index is 11.8. The zero-order chi connectivity index (χ0) is 19.9. The first-order valence-corrected chi connectivity index (χ1v) is 9.01. The van der Waals surface area contributed by atoms with E-state index in [4.69, 9.17) is 14.2 Å². The van der Waals surface area contributed by atoms with Gasteiger partial charge in [0.25, 0.3) is 0 Å². The van der Waals surface area contributed by atoms with Gasteiger partial charge in [-0.2, -0.15) is 0 Å². The van der Waals surface area contributed by atoms with E-state index in [1.54, 1.807) is 19.4 Å². The van der Waals surface area contributed by atoms with Crippen LogP contribution in [0.1, 0.15) is 35.4 Å². The van der Waals surface area contributed by atoms with E-state index in [0.29, 0.717) is 18.1 Å². The van der Waals surface area contributed by atoms with Crippen molar-refractivity contribution in [2.75, 3.05) is 7.11 Å². The van der Waals surface area contributed by atoms with Crippen molar-refractivity contribution in [3.05, 3.63) is 89.2 Å². The van der Waals surface area contributed by atoms with E-state index >= 15 is 0 Å². The van der Waals surface area contributed by atoms with Gasteiger partial charge in [0.05, 0.1) is 7.11 Å². The molecule has 0 N–H and O–H groups in total. The summed E-state index contributed by atoms with van der Waals surface area (Å²) in [5, 5.41) is 0. The minimum Gasteiger partial charge on any atom is -0.497 e. The van der Waals surface area contributed by atoms with Gasteiger partial charge >= 0.3 is 5.97 Å². The summed E-state index contributed by atoms with van der Waals surface area (Å²) in [7, 11) is 1.60. The Morgan fingerprint density at radius 1 is 1.07 bits per heavy atom. The van der Waals surface area contributed by atoms with Crippen molar-refractivity contribution in [2.45, 2.75) is 26.6 Å². The predicted octanol–water partition coefficient (Wildman–Crippen LogP) is 4.63. The lowest BCUT2D eigenvalue weighted by atomic mass is 10.0. The summed E-state index contributed by atoms with van der Waals surface area (Å²) >= 11 is 0. The third kappa shape index (κ3) is 4.88. The van der Waals surface area contributed by atoms with Gasteiger partial charge in [0.2, 0.25) is 0 Å². The SMILES string of the molecule is COc1ccc(C(OC(C)=O)c2ccc(C)nc2)c(OCc2ccccc2)c1. The molecule has 5 heteroatoms. The number of methoxy groups -OCH3 is 1. The molecule has 0 saturated carbocycles. The van der Waals surface area contributed by atoms with E-state index < -0.39 is 6.10 Å².